The van der Waals surface area contributed by atoms with E-state index in [1.807, 2.05) is 6.20 Å². The molecule has 0 spiro atoms. The molecule has 5 heteroatoms. The maximum Gasteiger partial charge on any atom is 0.0880 e. The van der Waals surface area contributed by atoms with Gasteiger partial charge in [-0.05, 0) is 45.4 Å². The SMILES string of the molecule is c1nsnc1CNCCCN1CCCC1. The fourth-order valence-corrected chi connectivity index (χ4v) is 2.34. The molecule has 1 N–H and O–H groups in total. The number of aromatic nitrogens is 2. The van der Waals surface area contributed by atoms with E-state index in [2.05, 4.69) is 19.0 Å². The first-order chi connectivity index (χ1) is 7.45. The van der Waals surface area contributed by atoms with Crippen LogP contribution in [-0.4, -0.2) is 39.8 Å². The van der Waals surface area contributed by atoms with E-state index in [1.165, 1.54) is 50.6 Å². The molecule has 1 fully saturated rings. The highest BCUT2D eigenvalue weighted by Gasteiger charge is 2.09. The van der Waals surface area contributed by atoms with Crippen LogP contribution in [0.3, 0.4) is 0 Å². The van der Waals surface area contributed by atoms with Crippen LogP contribution in [0.2, 0.25) is 0 Å². The summed E-state index contributed by atoms with van der Waals surface area (Å²) < 4.78 is 8.12. The van der Waals surface area contributed by atoms with Crippen LogP contribution in [0.5, 0.6) is 0 Å². The lowest BCUT2D eigenvalue weighted by Gasteiger charge is -2.13. The summed E-state index contributed by atoms with van der Waals surface area (Å²) in [7, 11) is 0. The Labute approximate surface area is 95.0 Å². The van der Waals surface area contributed by atoms with Crippen molar-refractivity contribution in [3.8, 4) is 0 Å². The first kappa shape index (κ1) is 11.0. The monoisotopic (exact) mass is 226 g/mol. The second kappa shape index (κ2) is 6.15. The van der Waals surface area contributed by atoms with Crippen molar-refractivity contribution in [2.75, 3.05) is 26.2 Å². The molecule has 84 valence electrons. The quantitative estimate of drug-likeness (QED) is 0.738. The molecule has 0 atom stereocenters. The van der Waals surface area contributed by atoms with Gasteiger partial charge in [-0.1, -0.05) is 0 Å². The summed E-state index contributed by atoms with van der Waals surface area (Å²) in [5.74, 6) is 0. The average Bonchev–Trinajstić information content (AvgIpc) is 2.88. The summed E-state index contributed by atoms with van der Waals surface area (Å²) in [4.78, 5) is 2.55. The number of rotatable bonds is 6. The third kappa shape index (κ3) is 3.85. The van der Waals surface area contributed by atoms with Gasteiger partial charge in [-0.3, -0.25) is 0 Å². The van der Waals surface area contributed by atoms with E-state index in [0.717, 1.165) is 18.8 Å². The minimum absolute atomic E-state index is 0.858. The van der Waals surface area contributed by atoms with Gasteiger partial charge in [0.05, 0.1) is 23.6 Å². The Morgan fingerprint density at radius 3 is 3.00 bits per heavy atom. The number of likely N-dealkylation sites (tertiary alicyclic amines) is 1. The summed E-state index contributed by atoms with van der Waals surface area (Å²) in [6.45, 7) is 5.78. The van der Waals surface area contributed by atoms with Crippen LogP contribution in [0.1, 0.15) is 25.0 Å². The predicted molar refractivity (Wildman–Crippen MR) is 61.9 cm³/mol. The van der Waals surface area contributed by atoms with E-state index in [4.69, 9.17) is 0 Å². The van der Waals surface area contributed by atoms with E-state index in [0.29, 0.717) is 0 Å². The third-order valence-corrected chi connectivity index (χ3v) is 3.26. The van der Waals surface area contributed by atoms with Crippen LogP contribution in [0.25, 0.3) is 0 Å². The van der Waals surface area contributed by atoms with Gasteiger partial charge in [-0.25, -0.2) is 0 Å². The Hall–Kier alpha value is -0.520. The molecule has 1 aliphatic rings. The molecule has 0 aliphatic carbocycles. The smallest absolute Gasteiger partial charge is 0.0880 e. The molecule has 1 aromatic heterocycles. The summed E-state index contributed by atoms with van der Waals surface area (Å²) in [5, 5.41) is 3.39. The van der Waals surface area contributed by atoms with Crippen molar-refractivity contribution in [3.05, 3.63) is 11.9 Å². The molecule has 4 nitrogen and oxygen atoms in total. The second-order valence-electron chi connectivity index (χ2n) is 3.98. The zero-order valence-corrected chi connectivity index (χ0v) is 9.80. The minimum atomic E-state index is 0.858. The lowest BCUT2D eigenvalue weighted by atomic mass is 10.3. The number of nitrogens with zero attached hydrogens (tertiary/aromatic N) is 3. The van der Waals surface area contributed by atoms with Crippen LogP contribution in [0.15, 0.2) is 6.20 Å². The highest BCUT2D eigenvalue weighted by molar-refractivity contribution is 6.99. The van der Waals surface area contributed by atoms with E-state index >= 15 is 0 Å². The molecule has 1 aromatic rings. The topological polar surface area (TPSA) is 41.1 Å². The van der Waals surface area contributed by atoms with Gasteiger partial charge >= 0.3 is 0 Å². The van der Waals surface area contributed by atoms with Crippen LogP contribution in [-0.2, 0) is 6.54 Å². The van der Waals surface area contributed by atoms with E-state index in [-0.39, 0.29) is 0 Å². The van der Waals surface area contributed by atoms with Gasteiger partial charge in [-0.2, -0.15) is 8.75 Å². The average molecular weight is 226 g/mol. The van der Waals surface area contributed by atoms with E-state index in [1.54, 1.807) is 0 Å². The summed E-state index contributed by atoms with van der Waals surface area (Å²) in [6.07, 6.45) is 5.84. The fraction of sp³-hybridized carbons (Fsp3) is 0.800. The zero-order chi connectivity index (χ0) is 10.3. The highest BCUT2D eigenvalue weighted by Crippen LogP contribution is 2.06. The molecule has 0 radical (unpaired) electrons. The second-order valence-corrected chi connectivity index (χ2v) is 4.53. The Bertz CT molecular complexity index is 256. The van der Waals surface area contributed by atoms with Gasteiger partial charge in [0.15, 0.2) is 0 Å². The zero-order valence-electron chi connectivity index (χ0n) is 8.98. The number of nitrogens with one attached hydrogen (secondary N) is 1. The molecule has 0 unspecified atom stereocenters. The Morgan fingerprint density at radius 2 is 2.27 bits per heavy atom. The number of hydrogen-bond acceptors (Lipinski definition) is 5. The Balaban J connectivity index is 1.48. The van der Waals surface area contributed by atoms with Crippen molar-refractivity contribution in [3.63, 3.8) is 0 Å². The molecule has 1 saturated heterocycles. The summed E-state index contributed by atoms with van der Waals surface area (Å²) >= 11 is 1.28. The maximum absolute atomic E-state index is 4.15. The molecule has 0 bridgehead atoms. The summed E-state index contributed by atoms with van der Waals surface area (Å²) in [6, 6.07) is 0. The van der Waals surface area contributed by atoms with Gasteiger partial charge < -0.3 is 10.2 Å². The Morgan fingerprint density at radius 1 is 1.40 bits per heavy atom. The van der Waals surface area contributed by atoms with Crippen LogP contribution in [0.4, 0.5) is 0 Å². The normalized spacial score (nSPS) is 17.3. The van der Waals surface area contributed by atoms with Gasteiger partial charge in [0.25, 0.3) is 0 Å². The number of hydrogen-bond donors (Lipinski definition) is 1. The largest absolute Gasteiger partial charge is 0.311 e. The van der Waals surface area contributed by atoms with Crippen molar-refractivity contribution < 1.29 is 0 Å². The fourth-order valence-electron chi connectivity index (χ4n) is 1.91. The van der Waals surface area contributed by atoms with Crippen LogP contribution in [0, 0.1) is 0 Å². The Kier molecular flexibility index (Phi) is 4.50. The molecular formula is C10H18N4S. The molecule has 1 aliphatic heterocycles. The van der Waals surface area contributed by atoms with Crippen molar-refractivity contribution in [2.45, 2.75) is 25.8 Å². The van der Waals surface area contributed by atoms with E-state index < -0.39 is 0 Å². The molecule has 2 rings (SSSR count). The van der Waals surface area contributed by atoms with Gasteiger partial charge in [0.1, 0.15) is 0 Å². The first-order valence-electron chi connectivity index (χ1n) is 5.64. The lowest BCUT2D eigenvalue weighted by molar-refractivity contribution is 0.331. The third-order valence-electron chi connectivity index (χ3n) is 2.74. The van der Waals surface area contributed by atoms with Crippen LogP contribution >= 0.6 is 11.7 Å². The standard InChI is InChI=1S/C10H18N4S/c1-2-6-14(5-1)7-3-4-11-8-10-9-12-15-13-10/h9,11H,1-8H2. The highest BCUT2D eigenvalue weighted by atomic mass is 32.1. The predicted octanol–water partition coefficient (Wildman–Crippen LogP) is 1.11. The van der Waals surface area contributed by atoms with Crippen molar-refractivity contribution in [2.24, 2.45) is 0 Å². The van der Waals surface area contributed by atoms with Crippen molar-refractivity contribution in [1.29, 1.82) is 0 Å². The molecule has 2 heterocycles. The van der Waals surface area contributed by atoms with Gasteiger partial charge in [-0.15, -0.1) is 0 Å². The van der Waals surface area contributed by atoms with E-state index in [9.17, 15) is 0 Å². The molecule has 0 amide bonds. The first-order valence-corrected chi connectivity index (χ1v) is 6.38. The summed E-state index contributed by atoms with van der Waals surface area (Å²) in [5.41, 5.74) is 1.06. The maximum atomic E-state index is 4.15. The minimum Gasteiger partial charge on any atom is -0.311 e. The van der Waals surface area contributed by atoms with Gasteiger partial charge in [0.2, 0.25) is 0 Å². The lowest BCUT2D eigenvalue weighted by Crippen LogP contribution is -2.24. The van der Waals surface area contributed by atoms with Crippen molar-refractivity contribution in [1.82, 2.24) is 19.0 Å². The molecule has 0 aromatic carbocycles. The van der Waals surface area contributed by atoms with Crippen molar-refractivity contribution >= 4 is 11.7 Å². The van der Waals surface area contributed by atoms with Gasteiger partial charge in [0, 0.05) is 6.54 Å². The molecular weight excluding hydrogens is 208 g/mol. The molecule has 15 heavy (non-hydrogen) atoms. The van der Waals surface area contributed by atoms with Crippen LogP contribution < -0.4 is 5.32 Å². The molecule has 0 saturated carbocycles.